The zero-order valence-corrected chi connectivity index (χ0v) is 36.1. The van der Waals surface area contributed by atoms with Crippen molar-refractivity contribution in [3.05, 3.63) is 70.4 Å². The van der Waals surface area contributed by atoms with Crippen molar-refractivity contribution in [3.63, 3.8) is 0 Å². The van der Waals surface area contributed by atoms with E-state index in [0.717, 1.165) is 22.7 Å². The van der Waals surface area contributed by atoms with Gasteiger partial charge in [0.2, 0.25) is 0 Å². The molecule has 5 heteroatoms. The molecule has 2 aromatic rings. The summed E-state index contributed by atoms with van der Waals surface area (Å²) in [6.07, 6.45) is 17.7. The summed E-state index contributed by atoms with van der Waals surface area (Å²) in [5, 5.41) is 0. The molecule has 0 heterocycles. The van der Waals surface area contributed by atoms with E-state index >= 15 is 0 Å². The van der Waals surface area contributed by atoms with E-state index in [9.17, 15) is 0 Å². The number of anilines is 1. The van der Waals surface area contributed by atoms with Crippen molar-refractivity contribution in [2.24, 2.45) is 4.99 Å². The quantitative estimate of drug-likeness (QED) is 0.133. The van der Waals surface area contributed by atoms with E-state index in [0.29, 0.717) is 29.3 Å². The van der Waals surface area contributed by atoms with Crippen molar-refractivity contribution >= 4 is 61.2 Å². The SMILES string of the molecule is CC(/C=C(/C)[N]([Ge])c1c(C(C)C)cccc1C(C)C)=Nc1c(C(C)C)cccc1C(C)C.[Te]P(C1CCCCC1)C1CCCCC1. The second-order valence-corrected chi connectivity index (χ2v) is 21.7. The van der Waals surface area contributed by atoms with Crippen molar-refractivity contribution in [2.75, 3.05) is 3.86 Å². The molecule has 2 aromatic carbocycles. The molecule has 0 N–H and O–H groups in total. The fourth-order valence-electron chi connectivity index (χ4n) is 7.13. The minimum atomic E-state index is 0.393. The first-order valence-corrected chi connectivity index (χ1v) is 23.8. The van der Waals surface area contributed by atoms with Gasteiger partial charge in [0.25, 0.3) is 0 Å². The molecule has 0 saturated heterocycles. The fraction of sp³-hybridized carbons (Fsp3) is 0.634. The van der Waals surface area contributed by atoms with Crippen molar-refractivity contribution in [2.45, 2.75) is 168 Å². The normalized spacial score (nSPS) is 17.3. The molecule has 0 aliphatic heterocycles. The third kappa shape index (κ3) is 11.2. The number of hydrogen-bond acceptors (Lipinski definition) is 2. The maximum atomic E-state index is 5.15. The third-order valence-corrected chi connectivity index (χ3v) is 18.6. The summed E-state index contributed by atoms with van der Waals surface area (Å²) in [5.41, 5.74) is 12.9. The van der Waals surface area contributed by atoms with Crippen LogP contribution >= 0.6 is 5.61 Å². The predicted octanol–water partition coefficient (Wildman–Crippen LogP) is 13.0. The van der Waals surface area contributed by atoms with Gasteiger partial charge in [-0.05, 0) is 0 Å². The van der Waals surface area contributed by atoms with Crippen LogP contribution in [0.2, 0.25) is 0 Å². The van der Waals surface area contributed by atoms with Crippen molar-refractivity contribution in [1.29, 1.82) is 0 Å². The molecule has 2 nitrogen and oxygen atoms in total. The third-order valence-electron chi connectivity index (χ3n) is 9.84. The molecule has 2 saturated carbocycles. The molecule has 0 aromatic heterocycles. The number of aliphatic imine (C=N–C) groups is 1. The molecule has 2 aliphatic rings. The van der Waals surface area contributed by atoms with Crippen molar-refractivity contribution in [1.82, 2.24) is 0 Å². The van der Waals surface area contributed by atoms with E-state index in [1.165, 1.54) is 72.2 Å². The van der Waals surface area contributed by atoms with Crippen LogP contribution in [0.15, 0.2) is 53.2 Å². The van der Waals surface area contributed by atoms with Gasteiger partial charge in [-0.25, -0.2) is 0 Å². The number of allylic oxidation sites excluding steroid dienone is 2. The molecule has 0 unspecified atom stereocenters. The molecular weight excluding hydrogens is 752 g/mol. The Morgan fingerprint density at radius 3 is 1.43 bits per heavy atom. The first-order valence-electron chi connectivity index (χ1n) is 18.3. The van der Waals surface area contributed by atoms with Crippen LogP contribution in [0, 0.1) is 0 Å². The monoisotopic (exact) mass is 818 g/mol. The van der Waals surface area contributed by atoms with Gasteiger partial charge in [-0.15, -0.1) is 0 Å². The maximum absolute atomic E-state index is 5.15. The zero-order chi connectivity index (χ0) is 34.0. The van der Waals surface area contributed by atoms with Crippen LogP contribution in [0.4, 0.5) is 11.4 Å². The van der Waals surface area contributed by atoms with Gasteiger partial charge in [0, 0.05) is 0 Å². The fourth-order valence-corrected chi connectivity index (χ4v) is 13.8. The van der Waals surface area contributed by atoms with E-state index in [1.807, 2.05) is 0 Å². The number of benzene rings is 2. The Morgan fingerprint density at radius 1 is 0.696 bits per heavy atom. The van der Waals surface area contributed by atoms with Gasteiger partial charge in [-0.2, -0.15) is 0 Å². The second kappa shape index (κ2) is 19.6. The Kier molecular flexibility index (Phi) is 16.9. The van der Waals surface area contributed by atoms with Crippen LogP contribution in [0.3, 0.4) is 0 Å². The molecule has 4 rings (SSSR count). The number of nitrogens with zero attached hydrogens (tertiary/aromatic N) is 2. The molecule has 0 bridgehead atoms. The second-order valence-electron chi connectivity index (χ2n) is 15.0. The molecular formula is C41H63GeN2PTe. The minimum absolute atomic E-state index is 0.393. The first kappa shape index (κ1) is 39.8. The van der Waals surface area contributed by atoms with Crippen LogP contribution in [0.5, 0.6) is 0 Å². The predicted molar refractivity (Wildman–Crippen MR) is 210 cm³/mol. The van der Waals surface area contributed by atoms with Gasteiger partial charge in [0.1, 0.15) is 0 Å². The number of hydrogen-bond donors (Lipinski definition) is 0. The van der Waals surface area contributed by atoms with E-state index in [-0.39, 0.29) is 0 Å². The Hall–Kier alpha value is -0.588. The molecule has 0 amide bonds. The van der Waals surface area contributed by atoms with Gasteiger partial charge in [-0.3, -0.25) is 0 Å². The van der Waals surface area contributed by atoms with Crippen molar-refractivity contribution < 1.29 is 0 Å². The van der Waals surface area contributed by atoms with E-state index in [1.54, 1.807) is 25.7 Å². The zero-order valence-electron chi connectivity index (χ0n) is 30.8. The molecule has 0 atom stereocenters. The van der Waals surface area contributed by atoms with Gasteiger partial charge in [0.05, 0.1) is 0 Å². The molecule has 46 heavy (non-hydrogen) atoms. The van der Waals surface area contributed by atoms with Crippen LogP contribution in [-0.4, -0.2) is 55.5 Å². The van der Waals surface area contributed by atoms with Gasteiger partial charge in [-0.1, -0.05) is 0 Å². The molecule has 252 valence electrons. The van der Waals surface area contributed by atoms with E-state index < -0.39 is 0 Å². The van der Waals surface area contributed by atoms with Gasteiger partial charge >= 0.3 is 309 Å². The summed E-state index contributed by atoms with van der Waals surface area (Å²) in [5.74, 6) is 1.83. The molecule has 2 fully saturated rings. The van der Waals surface area contributed by atoms with E-state index in [4.69, 9.17) is 4.99 Å². The summed E-state index contributed by atoms with van der Waals surface area (Å²) < 4.78 is 2.35. The standard InChI is InChI=1S/C29H41GeN2.C12H22PTe/c1-18(2)24-13-11-14-25(19(3)4)28(24)31-22(9)17-23(10)32(30)29-26(20(5)6)15-12-16-27(29)21(7)8;14-13(11-7-3-1-4-8-11)12-9-5-2-6-10-12/h11-21H,1-10H3;11-12H,1-10H2/b23-17-,31-22?;. The average Bonchev–Trinajstić information content (AvgIpc) is 3.04. The van der Waals surface area contributed by atoms with E-state index in [2.05, 4.69) is 154 Å². The molecule has 2 aliphatic carbocycles. The first-order chi connectivity index (χ1) is 21.8. The summed E-state index contributed by atoms with van der Waals surface area (Å²) in [4.78, 5) is 5.15. The summed E-state index contributed by atoms with van der Waals surface area (Å²) >= 11 is 4.72. The van der Waals surface area contributed by atoms with Crippen LogP contribution in [-0.2, 0) is 0 Å². The van der Waals surface area contributed by atoms with Crippen LogP contribution in [0.1, 0.15) is 179 Å². The van der Waals surface area contributed by atoms with Crippen LogP contribution in [0.25, 0.3) is 0 Å². The topological polar surface area (TPSA) is 15.6 Å². The molecule has 0 spiro atoms. The Bertz CT molecular complexity index is 1210. The number of rotatable bonds is 10. The summed E-state index contributed by atoms with van der Waals surface area (Å²) in [6.45, 7) is 22.4. The summed E-state index contributed by atoms with van der Waals surface area (Å²) in [7, 11) is 0. The number of para-hydroxylation sites is 2. The van der Waals surface area contributed by atoms with Crippen LogP contribution < -0.4 is 3.86 Å². The van der Waals surface area contributed by atoms with Gasteiger partial charge in [0.15, 0.2) is 0 Å². The average molecular weight is 815 g/mol. The Labute approximate surface area is 306 Å². The summed E-state index contributed by atoms with van der Waals surface area (Å²) in [6, 6.07) is 13.3. The molecule has 4 radical (unpaired) electrons. The Morgan fingerprint density at radius 2 is 1.07 bits per heavy atom. The Balaban J connectivity index is 0.000000339. The van der Waals surface area contributed by atoms with Gasteiger partial charge < -0.3 is 0 Å². The van der Waals surface area contributed by atoms with Crippen molar-refractivity contribution in [3.8, 4) is 0 Å².